The van der Waals surface area contributed by atoms with Crippen molar-refractivity contribution in [3.8, 4) is 22.6 Å². The van der Waals surface area contributed by atoms with Gasteiger partial charge in [-0.05, 0) is 60.0 Å². The van der Waals surface area contributed by atoms with Gasteiger partial charge < -0.3 is 15.6 Å². The number of aliphatic hydroxyl groups is 1. The van der Waals surface area contributed by atoms with Crippen LogP contribution < -0.4 is 16.2 Å². The molecule has 4 unspecified atom stereocenters. The van der Waals surface area contributed by atoms with Crippen LogP contribution in [0.3, 0.4) is 0 Å². The summed E-state index contributed by atoms with van der Waals surface area (Å²) in [5.41, 5.74) is 4.77. The van der Waals surface area contributed by atoms with Crippen LogP contribution in [0, 0.1) is 27.7 Å². The van der Waals surface area contributed by atoms with Gasteiger partial charge in [-0.1, -0.05) is 12.1 Å². The molecule has 1 aromatic heterocycles. The smallest absolute Gasteiger partial charge is 0.408 e. The van der Waals surface area contributed by atoms with E-state index < -0.39 is 79.3 Å². The van der Waals surface area contributed by atoms with Gasteiger partial charge in [0.15, 0.2) is 0 Å². The second kappa shape index (κ2) is 13.3. The molecular weight excluding hydrogens is 677 g/mol. The van der Waals surface area contributed by atoms with Gasteiger partial charge in [0.1, 0.15) is 35.3 Å². The Hall–Kier alpha value is -4.67. The number of benzene rings is 3. The van der Waals surface area contributed by atoms with Crippen LogP contribution in [-0.4, -0.2) is 56.0 Å². The molecule has 18 heteroatoms. The van der Waals surface area contributed by atoms with E-state index in [2.05, 4.69) is 4.98 Å². The van der Waals surface area contributed by atoms with Crippen LogP contribution in [-0.2, 0) is 20.2 Å². The molecule has 1 aliphatic heterocycles. The number of nitro groups is 1. The van der Waals surface area contributed by atoms with Crippen LogP contribution in [0.5, 0.6) is 11.5 Å². The number of nitrogen functional groups attached to an aromatic ring is 1. The monoisotopic (exact) mass is 705 g/mol. The van der Waals surface area contributed by atoms with E-state index in [0.29, 0.717) is 23.2 Å². The SMILES string of the molecule is Nc1ccn(C2CC(COP(=O)(OCc3ccc([N+](=O)[O-])c(Oc4ccc(-c5ccc(F)cc5)c(F)c4)c3)N3CC3)C(O)C2(F)F)c(=O)n1. The fourth-order valence-electron chi connectivity index (χ4n) is 5.47. The van der Waals surface area contributed by atoms with E-state index in [1.807, 2.05) is 0 Å². The molecule has 6 rings (SSSR count). The van der Waals surface area contributed by atoms with Crippen molar-refractivity contribution >= 4 is 19.3 Å². The predicted molar refractivity (Wildman–Crippen MR) is 166 cm³/mol. The van der Waals surface area contributed by atoms with E-state index >= 15 is 8.78 Å². The molecule has 3 N–H and O–H groups in total. The Kier molecular flexibility index (Phi) is 9.30. The van der Waals surface area contributed by atoms with Gasteiger partial charge in [-0.15, -0.1) is 0 Å². The van der Waals surface area contributed by atoms with Crippen molar-refractivity contribution in [2.75, 3.05) is 25.4 Å². The number of anilines is 1. The molecule has 1 saturated heterocycles. The van der Waals surface area contributed by atoms with Crippen molar-refractivity contribution in [2.24, 2.45) is 5.92 Å². The zero-order valence-electron chi connectivity index (χ0n) is 25.3. The lowest BCUT2D eigenvalue weighted by atomic mass is 10.0. The van der Waals surface area contributed by atoms with Crippen molar-refractivity contribution in [1.82, 2.24) is 14.2 Å². The Bertz CT molecular complexity index is 2000. The van der Waals surface area contributed by atoms with Crippen molar-refractivity contribution in [2.45, 2.75) is 31.1 Å². The Morgan fingerprint density at radius 1 is 1.06 bits per heavy atom. The van der Waals surface area contributed by atoms with Crippen molar-refractivity contribution in [1.29, 1.82) is 0 Å². The number of aromatic nitrogens is 2. The summed E-state index contributed by atoms with van der Waals surface area (Å²) in [6, 6.07) is 12.0. The van der Waals surface area contributed by atoms with Crippen LogP contribution in [0.25, 0.3) is 11.1 Å². The topological polar surface area (TPSA) is 172 Å². The average molecular weight is 706 g/mol. The highest BCUT2D eigenvalue weighted by molar-refractivity contribution is 7.51. The van der Waals surface area contributed by atoms with Crippen molar-refractivity contribution in [3.05, 3.63) is 111 Å². The summed E-state index contributed by atoms with van der Waals surface area (Å²) in [7, 11) is -4.10. The van der Waals surface area contributed by atoms with Gasteiger partial charge >= 0.3 is 19.1 Å². The Labute approximate surface area is 275 Å². The maximum Gasteiger partial charge on any atom is 0.408 e. The summed E-state index contributed by atoms with van der Waals surface area (Å²) < 4.78 is 90.9. The van der Waals surface area contributed by atoms with E-state index in [4.69, 9.17) is 19.5 Å². The van der Waals surface area contributed by atoms with Gasteiger partial charge in [-0.2, -0.15) is 4.98 Å². The zero-order chi connectivity index (χ0) is 35.1. The molecule has 258 valence electrons. The summed E-state index contributed by atoms with van der Waals surface area (Å²) in [6.07, 6.45) is -1.59. The number of hydrogen-bond donors (Lipinski definition) is 2. The highest BCUT2D eigenvalue weighted by atomic mass is 31.2. The second-order valence-electron chi connectivity index (χ2n) is 11.5. The maximum absolute atomic E-state index is 15.1. The molecule has 0 amide bonds. The molecule has 13 nitrogen and oxygen atoms in total. The summed E-state index contributed by atoms with van der Waals surface area (Å²) in [5.74, 6) is -6.72. The molecule has 2 heterocycles. The molecule has 1 aliphatic carbocycles. The molecule has 4 atom stereocenters. The Morgan fingerprint density at radius 2 is 1.80 bits per heavy atom. The van der Waals surface area contributed by atoms with Gasteiger partial charge in [0.25, 0.3) is 5.92 Å². The van der Waals surface area contributed by atoms with Crippen LogP contribution >= 0.6 is 7.75 Å². The standard InChI is InChI=1S/C31H28F4N5O8P/c32-21-4-2-19(3-5-21)23-7-6-22(15-24(23)33)48-26-13-18(1-8-25(26)40(43)44)16-46-49(45,38-11-12-38)47-17-20-14-27(31(34,35)29(20)41)39-10-9-28(36)37-30(39)42/h1-10,13,15,20,27,29,41H,11-12,14,16-17H2,(H2,36,37,42). The Balaban J connectivity index is 1.15. The minimum Gasteiger partial charge on any atom is -0.450 e. The highest BCUT2D eigenvalue weighted by Crippen LogP contribution is 2.58. The fraction of sp³-hybridized carbons (Fsp3) is 0.290. The highest BCUT2D eigenvalue weighted by Gasteiger charge is 2.58. The number of halogens is 4. The number of aliphatic hydroxyl groups excluding tert-OH is 1. The molecular formula is C31H28F4N5O8P. The molecule has 49 heavy (non-hydrogen) atoms. The first kappa shape index (κ1) is 34.2. The van der Waals surface area contributed by atoms with Crippen molar-refractivity contribution in [3.63, 3.8) is 0 Å². The zero-order valence-corrected chi connectivity index (χ0v) is 26.2. The van der Waals surface area contributed by atoms with E-state index in [9.17, 15) is 33.4 Å². The van der Waals surface area contributed by atoms with Gasteiger partial charge in [0.05, 0.1) is 18.1 Å². The van der Waals surface area contributed by atoms with Crippen molar-refractivity contribution < 1.29 is 45.9 Å². The number of rotatable bonds is 12. The van der Waals surface area contributed by atoms with E-state index in [1.165, 1.54) is 59.3 Å². The minimum atomic E-state index is -4.10. The average Bonchev–Trinajstić information content (AvgIpc) is 3.88. The number of nitro benzene ring substituents is 1. The first-order valence-electron chi connectivity index (χ1n) is 14.8. The molecule has 0 spiro atoms. The normalized spacial score (nSPS) is 21.3. The lowest BCUT2D eigenvalue weighted by molar-refractivity contribution is -0.385. The molecule has 2 fully saturated rings. The number of nitrogens with two attached hydrogens (primary N) is 1. The molecule has 0 radical (unpaired) electrons. The molecule has 0 bridgehead atoms. The van der Waals surface area contributed by atoms with Gasteiger partial charge in [-0.25, -0.2) is 31.6 Å². The number of nitrogens with zero attached hydrogens (tertiary/aromatic N) is 4. The Morgan fingerprint density at radius 3 is 2.45 bits per heavy atom. The van der Waals surface area contributed by atoms with E-state index in [0.717, 1.165) is 18.3 Å². The van der Waals surface area contributed by atoms with Crippen LogP contribution in [0.15, 0.2) is 77.7 Å². The first-order valence-corrected chi connectivity index (χ1v) is 16.3. The van der Waals surface area contributed by atoms with E-state index in [-0.39, 0.29) is 28.4 Å². The molecule has 1 saturated carbocycles. The number of alkyl halides is 2. The van der Waals surface area contributed by atoms with Crippen LogP contribution in [0.4, 0.5) is 29.1 Å². The third kappa shape index (κ3) is 7.21. The fourth-order valence-corrected chi connectivity index (χ4v) is 7.15. The van der Waals surface area contributed by atoms with Gasteiger partial charge in [0.2, 0.25) is 5.75 Å². The summed E-state index contributed by atoms with van der Waals surface area (Å²) in [4.78, 5) is 26.7. The van der Waals surface area contributed by atoms with Gasteiger partial charge in [-0.3, -0.25) is 23.7 Å². The van der Waals surface area contributed by atoms with Crippen LogP contribution in [0.2, 0.25) is 0 Å². The molecule has 2 aliphatic rings. The predicted octanol–water partition coefficient (Wildman–Crippen LogP) is 5.69. The lowest BCUT2D eigenvalue weighted by Crippen LogP contribution is -2.40. The van der Waals surface area contributed by atoms with Gasteiger partial charge in [0, 0.05) is 42.9 Å². The molecule has 4 aromatic rings. The first-order chi connectivity index (χ1) is 23.2. The molecule has 3 aromatic carbocycles. The second-order valence-corrected chi connectivity index (χ2v) is 13.5. The maximum atomic E-state index is 15.1. The summed E-state index contributed by atoms with van der Waals surface area (Å²) in [5, 5.41) is 22.2. The largest absolute Gasteiger partial charge is 0.450 e. The lowest BCUT2D eigenvalue weighted by Gasteiger charge is -2.24. The summed E-state index contributed by atoms with van der Waals surface area (Å²) >= 11 is 0. The van der Waals surface area contributed by atoms with Crippen LogP contribution in [0.1, 0.15) is 18.0 Å². The quantitative estimate of drug-likeness (QED) is 0.0610. The number of hydrogen-bond acceptors (Lipinski definition) is 10. The third-order valence-electron chi connectivity index (χ3n) is 8.16. The minimum absolute atomic E-state index is 0.0788. The third-order valence-corrected chi connectivity index (χ3v) is 10.2. The summed E-state index contributed by atoms with van der Waals surface area (Å²) in [6.45, 7) is -0.404. The van der Waals surface area contributed by atoms with E-state index in [1.54, 1.807) is 0 Å². The number of ether oxygens (including phenoxy) is 1.